The molecule has 2 N–H and O–H groups in total. The second kappa shape index (κ2) is 5.35. The maximum absolute atomic E-state index is 11.9. The Morgan fingerprint density at radius 3 is 2.50 bits per heavy atom. The predicted molar refractivity (Wildman–Crippen MR) is 67.6 cm³/mol. The number of rotatable bonds is 3. The topological polar surface area (TPSA) is 79.3 Å². The summed E-state index contributed by atoms with van der Waals surface area (Å²) in [6.45, 7) is 5.20. The molecule has 1 unspecified atom stereocenters. The van der Waals surface area contributed by atoms with Gasteiger partial charge in [0, 0.05) is 12.4 Å². The van der Waals surface area contributed by atoms with Gasteiger partial charge in [-0.1, -0.05) is 32.4 Å². The zero-order chi connectivity index (χ0) is 13.9. The van der Waals surface area contributed by atoms with Gasteiger partial charge in [-0.25, -0.2) is 4.79 Å². The second-order valence-corrected chi connectivity index (χ2v) is 5.37. The van der Waals surface area contributed by atoms with Crippen LogP contribution in [0.2, 0.25) is 5.02 Å². The highest BCUT2D eigenvalue weighted by Gasteiger charge is 2.33. The summed E-state index contributed by atoms with van der Waals surface area (Å²) >= 11 is 5.85. The fourth-order valence-corrected chi connectivity index (χ4v) is 1.59. The average molecular weight is 271 g/mol. The fraction of sp³-hybridized carbons (Fsp3) is 0.417. The van der Waals surface area contributed by atoms with Crippen molar-refractivity contribution < 1.29 is 14.7 Å². The maximum atomic E-state index is 11.9. The number of carbonyl (C=O) groups is 2. The van der Waals surface area contributed by atoms with Crippen LogP contribution in [0.3, 0.4) is 0 Å². The summed E-state index contributed by atoms with van der Waals surface area (Å²) in [7, 11) is 0. The van der Waals surface area contributed by atoms with Gasteiger partial charge < -0.3 is 10.4 Å². The maximum Gasteiger partial charge on any atom is 0.326 e. The van der Waals surface area contributed by atoms with Crippen LogP contribution < -0.4 is 5.32 Å². The van der Waals surface area contributed by atoms with Crippen LogP contribution >= 0.6 is 11.6 Å². The number of nitrogens with zero attached hydrogens (tertiary/aromatic N) is 1. The lowest BCUT2D eigenvalue weighted by Crippen LogP contribution is -2.49. The van der Waals surface area contributed by atoms with Gasteiger partial charge in [0.2, 0.25) is 0 Å². The molecule has 0 saturated carbocycles. The number of hydrogen-bond acceptors (Lipinski definition) is 3. The molecule has 0 radical (unpaired) electrons. The molecule has 1 amide bonds. The van der Waals surface area contributed by atoms with Gasteiger partial charge in [-0.3, -0.25) is 9.78 Å². The molecule has 0 spiro atoms. The number of halogens is 1. The Morgan fingerprint density at radius 1 is 1.44 bits per heavy atom. The largest absolute Gasteiger partial charge is 0.480 e. The first-order chi connectivity index (χ1) is 8.23. The first kappa shape index (κ1) is 14.4. The molecule has 1 rings (SSSR count). The van der Waals surface area contributed by atoms with Crippen molar-refractivity contribution >= 4 is 23.5 Å². The summed E-state index contributed by atoms with van der Waals surface area (Å²) in [5.41, 5.74) is -0.439. The summed E-state index contributed by atoms with van der Waals surface area (Å²) < 4.78 is 0. The Balaban J connectivity index is 2.93. The van der Waals surface area contributed by atoms with Gasteiger partial charge >= 0.3 is 5.97 Å². The van der Waals surface area contributed by atoms with Crippen LogP contribution in [0.4, 0.5) is 0 Å². The van der Waals surface area contributed by atoms with E-state index in [0.717, 1.165) is 0 Å². The normalized spacial score (nSPS) is 12.9. The molecule has 0 aliphatic heterocycles. The number of amides is 1. The van der Waals surface area contributed by atoms with E-state index >= 15 is 0 Å². The van der Waals surface area contributed by atoms with Crippen molar-refractivity contribution in [1.82, 2.24) is 10.3 Å². The third-order valence-corrected chi connectivity index (χ3v) is 2.73. The van der Waals surface area contributed by atoms with E-state index in [-0.39, 0.29) is 10.6 Å². The summed E-state index contributed by atoms with van der Waals surface area (Å²) in [4.78, 5) is 26.9. The molecule has 98 valence electrons. The molecule has 1 aromatic heterocycles. The monoisotopic (exact) mass is 270 g/mol. The minimum Gasteiger partial charge on any atom is -0.480 e. The van der Waals surface area contributed by atoms with Crippen LogP contribution in [0.15, 0.2) is 18.5 Å². The van der Waals surface area contributed by atoms with E-state index < -0.39 is 23.3 Å². The number of carboxylic acid groups (broad SMARTS) is 1. The SMILES string of the molecule is CC(C)(C)C(NC(=O)c1cnccc1Cl)C(=O)O. The van der Waals surface area contributed by atoms with Crippen molar-refractivity contribution in [3.63, 3.8) is 0 Å². The Bertz CT molecular complexity index is 469. The minimum absolute atomic E-state index is 0.162. The first-order valence-corrected chi connectivity index (χ1v) is 5.74. The molecule has 0 fully saturated rings. The molecule has 1 heterocycles. The molecule has 1 atom stereocenters. The highest BCUT2D eigenvalue weighted by atomic mass is 35.5. The Hall–Kier alpha value is -1.62. The number of carboxylic acids is 1. The van der Waals surface area contributed by atoms with Gasteiger partial charge in [-0.2, -0.15) is 0 Å². The van der Waals surface area contributed by atoms with E-state index in [1.165, 1.54) is 18.5 Å². The zero-order valence-electron chi connectivity index (χ0n) is 10.4. The van der Waals surface area contributed by atoms with Gasteiger partial charge in [-0.05, 0) is 11.5 Å². The molecule has 5 nitrogen and oxygen atoms in total. The second-order valence-electron chi connectivity index (χ2n) is 4.97. The lowest BCUT2D eigenvalue weighted by Gasteiger charge is -2.27. The lowest BCUT2D eigenvalue weighted by molar-refractivity contribution is -0.142. The van der Waals surface area contributed by atoms with Crippen LogP contribution in [0.1, 0.15) is 31.1 Å². The highest BCUT2D eigenvalue weighted by Crippen LogP contribution is 2.21. The fourth-order valence-electron chi connectivity index (χ4n) is 1.40. The highest BCUT2D eigenvalue weighted by molar-refractivity contribution is 6.33. The first-order valence-electron chi connectivity index (χ1n) is 5.36. The number of carbonyl (C=O) groups excluding carboxylic acids is 1. The molecular formula is C12H15ClN2O3. The lowest BCUT2D eigenvalue weighted by atomic mass is 9.86. The smallest absolute Gasteiger partial charge is 0.326 e. The number of aliphatic carboxylic acids is 1. The van der Waals surface area contributed by atoms with Crippen molar-refractivity contribution in [1.29, 1.82) is 0 Å². The van der Waals surface area contributed by atoms with Crippen molar-refractivity contribution in [2.45, 2.75) is 26.8 Å². The van der Waals surface area contributed by atoms with Gasteiger partial charge in [-0.15, -0.1) is 0 Å². The number of nitrogens with one attached hydrogen (secondary N) is 1. The van der Waals surface area contributed by atoms with Crippen molar-refractivity contribution in [2.24, 2.45) is 5.41 Å². The van der Waals surface area contributed by atoms with Crippen LogP contribution in [0.5, 0.6) is 0 Å². The molecule has 6 heteroatoms. The summed E-state index contributed by atoms with van der Waals surface area (Å²) in [6.07, 6.45) is 2.76. The Kier molecular flexibility index (Phi) is 4.29. The quantitative estimate of drug-likeness (QED) is 0.880. The van der Waals surface area contributed by atoms with Crippen molar-refractivity contribution in [3.8, 4) is 0 Å². The number of hydrogen-bond donors (Lipinski definition) is 2. The minimum atomic E-state index is -1.09. The van der Waals surface area contributed by atoms with Crippen LogP contribution in [0.25, 0.3) is 0 Å². The van der Waals surface area contributed by atoms with Gasteiger partial charge in [0.15, 0.2) is 0 Å². The number of pyridine rings is 1. The Labute approximate surface area is 110 Å². The van der Waals surface area contributed by atoms with Gasteiger partial charge in [0.1, 0.15) is 6.04 Å². The molecular weight excluding hydrogens is 256 g/mol. The molecule has 0 aromatic carbocycles. The van der Waals surface area contributed by atoms with Crippen LogP contribution in [0, 0.1) is 5.41 Å². The van der Waals surface area contributed by atoms with E-state index in [1.807, 2.05) is 0 Å². The molecule has 1 aromatic rings. The molecule has 0 bridgehead atoms. The molecule has 0 aliphatic carbocycles. The molecule has 0 aliphatic rings. The summed E-state index contributed by atoms with van der Waals surface area (Å²) in [6, 6.07) is 0.477. The predicted octanol–water partition coefficient (Wildman–Crippen LogP) is 1.96. The Morgan fingerprint density at radius 2 is 2.06 bits per heavy atom. The van der Waals surface area contributed by atoms with Crippen molar-refractivity contribution in [3.05, 3.63) is 29.0 Å². The zero-order valence-corrected chi connectivity index (χ0v) is 11.2. The average Bonchev–Trinajstić information content (AvgIpc) is 2.24. The summed E-state index contributed by atoms with van der Waals surface area (Å²) in [5, 5.41) is 11.8. The van der Waals surface area contributed by atoms with E-state index in [4.69, 9.17) is 16.7 Å². The van der Waals surface area contributed by atoms with Crippen molar-refractivity contribution in [2.75, 3.05) is 0 Å². The van der Waals surface area contributed by atoms with Gasteiger partial charge in [0.05, 0.1) is 10.6 Å². The van der Waals surface area contributed by atoms with Crippen LogP contribution in [-0.2, 0) is 4.79 Å². The molecule has 18 heavy (non-hydrogen) atoms. The van der Waals surface area contributed by atoms with Gasteiger partial charge in [0.25, 0.3) is 5.91 Å². The van der Waals surface area contributed by atoms with E-state index in [1.54, 1.807) is 20.8 Å². The summed E-state index contributed by atoms with van der Waals surface area (Å²) in [5.74, 6) is -1.63. The van der Waals surface area contributed by atoms with E-state index in [0.29, 0.717) is 0 Å². The molecule has 0 saturated heterocycles. The van der Waals surface area contributed by atoms with Crippen LogP contribution in [-0.4, -0.2) is 28.0 Å². The third-order valence-electron chi connectivity index (χ3n) is 2.40. The van der Waals surface area contributed by atoms with E-state index in [9.17, 15) is 9.59 Å². The standard InChI is InChI=1S/C12H15ClN2O3/c1-12(2,3)9(11(17)18)15-10(16)7-6-14-5-4-8(7)13/h4-6,9H,1-3H3,(H,15,16)(H,17,18). The third kappa shape index (κ3) is 3.43. The van der Waals surface area contributed by atoms with E-state index in [2.05, 4.69) is 10.3 Å². The number of aromatic nitrogens is 1.